The standard InChI is InChI=1S/C16H17ClN2O/c1-11-5-6-14(18)10-15(11)16(20)19-8-7-12-3-2-4-13(17)9-12/h2-6,9-10H,7-8,18H2,1H3,(H,19,20). The molecule has 2 rings (SSSR count). The molecule has 0 unspecified atom stereocenters. The van der Waals surface area contributed by atoms with Gasteiger partial charge in [0.15, 0.2) is 0 Å². The molecule has 0 aliphatic carbocycles. The number of carbonyl (C=O) groups excluding carboxylic acids is 1. The van der Waals surface area contributed by atoms with E-state index in [-0.39, 0.29) is 5.91 Å². The Balaban J connectivity index is 1.94. The first-order valence-electron chi connectivity index (χ1n) is 6.45. The minimum Gasteiger partial charge on any atom is -0.399 e. The first-order valence-corrected chi connectivity index (χ1v) is 6.83. The number of hydrogen-bond donors (Lipinski definition) is 2. The van der Waals surface area contributed by atoms with Gasteiger partial charge in [0.1, 0.15) is 0 Å². The van der Waals surface area contributed by atoms with Crippen LogP contribution in [0.2, 0.25) is 5.02 Å². The molecule has 20 heavy (non-hydrogen) atoms. The summed E-state index contributed by atoms with van der Waals surface area (Å²) in [6.07, 6.45) is 0.744. The van der Waals surface area contributed by atoms with Crippen LogP contribution in [0.5, 0.6) is 0 Å². The number of nitrogen functional groups attached to an aromatic ring is 1. The van der Waals surface area contributed by atoms with Crippen LogP contribution in [0.25, 0.3) is 0 Å². The highest BCUT2D eigenvalue weighted by Crippen LogP contribution is 2.13. The van der Waals surface area contributed by atoms with Gasteiger partial charge in [-0.15, -0.1) is 0 Å². The second kappa shape index (κ2) is 6.44. The van der Waals surface area contributed by atoms with E-state index in [1.54, 1.807) is 12.1 Å². The summed E-state index contributed by atoms with van der Waals surface area (Å²) in [5, 5.41) is 3.61. The van der Waals surface area contributed by atoms with E-state index in [0.29, 0.717) is 22.8 Å². The van der Waals surface area contributed by atoms with E-state index in [1.807, 2.05) is 37.3 Å². The predicted molar refractivity (Wildman–Crippen MR) is 83.1 cm³/mol. The molecule has 0 saturated heterocycles. The molecule has 2 aromatic carbocycles. The van der Waals surface area contributed by atoms with Crippen LogP contribution in [0.1, 0.15) is 21.5 Å². The molecule has 0 atom stereocenters. The van der Waals surface area contributed by atoms with E-state index < -0.39 is 0 Å². The first kappa shape index (κ1) is 14.4. The number of anilines is 1. The number of aryl methyl sites for hydroxylation is 1. The van der Waals surface area contributed by atoms with Crippen molar-refractivity contribution in [1.82, 2.24) is 5.32 Å². The maximum absolute atomic E-state index is 12.1. The molecule has 0 aliphatic rings. The lowest BCUT2D eigenvalue weighted by atomic mass is 10.1. The van der Waals surface area contributed by atoms with Crippen molar-refractivity contribution in [2.75, 3.05) is 12.3 Å². The van der Waals surface area contributed by atoms with E-state index in [9.17, 15) is 4.79 Å². The molecule has 0 aromatic heterocycles. The predicted octanol–water partition coefficient (Wildman–Crippen LogP) is 3.20. The van der Waals surface area contributed by atoms with Crippen LogP contribution >= 0.6 is 11.6 Å². The Morgan fingerprint density at radius 1 is 1.25 bits per heavy atom. The van der Waals surface area contributed by atoms with Gasteiger partial charge in [-0.05, 0) is 48.7 Å². The summed E-state index contributed by atoms with van der Waals surface area (Å²) >= 11 is 5.92. The van der Waals surface area contributed by atoms with Gasteiger partial charge >= 0.3 is 0 Å². The third-order valence-corrected chi connectivity index (χ3v) is 3.33. The summed E-state index contributed by atoms with van der Waals surface area (Å²) in [6, 6.07) is 13.0. The summed E-state index contributed by atoms with van der Waals surface area (Å²) in [5.41, 5.74) is 8.94. The topological polar surface area (TPSA) is 55.1 Å². The maximum Gasteiger partial charge on any atom is 0.251 e. The summed E-state index contributed by atoms with van der Waals surface area (Å²) in [6.45, 7) is 2.46. The average molecular weight is 289 g/mol. The minimum absolute atomic E-state index is 0.100. The molecular formula is C16H17ClN2O. The average Bonchev–Trinajstić information content (AvgIpc) is 2.41. The first-order chi connectivity index (χ1) is 9.56. The number of nitrogens with two attached hydrogens (primary N) is 1. The van der Waals surface area contributed by atoms with Crippen molar-refractivity contribution in [3.63, 3.8) is 0 Å². The van der Waals surface area contributed by atoms with E-state index in [4.69, 9.17) is 17.3 Å². The highest BCUT2D eigenvalue weighted by Gasteiger charge is 2.08. The van der Waals surface area contributed by atoms with Crippen LogP contribution in [0, 0.1) is 6.92 Å². The third-order valence-electron chi connectivity index (χ3n) is 3.09. The van der Waals surface area contributed by atoms with Crippen LogP contribution in [-0.4, -0.2) is 12.5 Å². The number of amides is 1. The SMILES string of the molecule is Cc1ccc(N)cc1C(=O)NCCc1cccc(Cl)c1. The number of carbonyl (C=O) groups is 1. The lowest BCUT2D eigenvalue weighted by Crippen LogP contribution is -2.26. The molecule has 0 saturated carbocycles. The van der Waals surface area contributed by atoms with Gasteiger partial charge in [0.05, 0.1) is 0 Å². The Bertz CT molecular complexity index is 626. The molecule has 4 heteroatoms. The maximum atomic E-state index is 12.1. The second-order valence-corrected chi connectivity index (χ2v) is 5.15. The zero-order valence-electron chi connectivity index (χ0n) is 11.3. The zero-order valence-corrected chi connectivity index (χ0v) is 12.1. The molecule has 3 N–H and O–H groups in total. The lowest BCUT2D eigenvalue weighted by molar-refractivity contribution is 0.0953. The quantitative estimate of drug-likeness (QED) is 0.849. The van der Waals surface area contributed by atoms with Gasteiger partial charge in [-0.2, -0.15) is 0 Å². The molecule has 0 spiro atoms. The minimum atomic E-state index is -0.100. The monoisotopic (exact) mass is 288 g/mol. The van der Waals surface area contributed by atoms with Crippen LogP contribution in [-0.2, 0) is 6.42 Å². The Morgan fingerprint density at radius 3 is 2.80 bits per heavy atom. The van der Waals surface area contributed by atoms with Gasteiger partial charge in [0.2, 0.25) is 0 Å². The molecule has 104 valence electrons. The van der Waals surface area contributed by atoms with Crippen molar-refractivity contribution in [2.24, 2.45) is 0 Å². The fourth-order valence-electron chi connectivity index (χ4n) is 1.99. The van der Waals surface area contributed by atoms with Crippen LogP contribution in [0.15, 0.2) is 42.5 Å². The number of benzene rings is 2. The Hall–Kier alpha value is -2.00. The fraction of sp³-hybridized carbons (Fsp3) is 0.188. The van der Waals surface area contributed by atoms with Crippen LogP contribution in [0.4, 0.5) is 5.69 Å². The summed E-state index contributed by atoms with van der Waals surface area (Å²) in [4.78, 5) is 12.1. The molecule has 0 radical (unpaired) electrons. The van der Waals surface area contributed by atoms with Crippen molar-refractivity contribution in [3.8, 4) is 0 Å². The van der Waals surface area contributed by atoms with Crippen molar-refractivity contribution in [2.45, 2.75) is 13.3 Å². The summed E-state index contributed by atoms with van der Waals surface area (Å²) in [5.74, 6) is -0.100. The van der Waals surface area contributed by atoms with Crippen molar-refractivity contribution >= 4 is 23.2 Å². The lowest BCUT2D eigenvalue weighted by Gasteiger charge is -2.08. The smallest absolute Gasteiger partial charge is 0.251 e. The van der Waals surface area contributed by atoms with Gasteiger partial charge in [-0.25, -0.2) is 0 Å². The number of nitrogens with one attached hydrogen (secondary N) is 1. The van der Waals surface area contributed by atoms with Crippen molar-refractivity contribution in [1.29, 1.82) is 0 Å². The molecule has 1 amide bonds. The van der Waals surface area contributed by atoms with Gasteiger partial charge in [-0.1, -0.05) is 29.8 Å². The molecule has 0 bridgehead atoms. The highest BCUT2D eigenvalue weighted by atomic mass is 35.5. The fourth-order valence-corrected chi connectivity index (χ4v) is 2.21. The zero-order chi connectivity index (χ0) is 14.5. The molecule has 2 aromatic rings. The number of rotatable bonds is 4. The number of hydrogen-bond acceptors (Lipinski definition) is 2. The second-order valence-electron chi connectivity index (χ2n) is 4.71. The van der Waals surface area contributed by atoms with E-state index in [2.05, 4.69) is 5.32 Å². The molecule has 0 fully saturated rings. The highest BCUT2D eigenvalue weighted by molar-refractivity contribution is 6.30. The van der Waals surface area contributed by atoms with E-state index in [0.717, 1.165) is 17.5 Å². The van der Waals surface area contributed by atoms with Crippen molar-refractivity contribution in [3.05, 3.63) is 64.2 Å². The summed E-state index contributed by atoms with van der Waals surface area (Å²) in [7, 11) is 0. The Morgan fingerprint density at radius 2 is 2.05 bits per heavy atom. The molecular weight excluding hydrogens is 272 g/mol. The van der Waals surface area contributed by atoms with E-state index in [1.165, 1.54) is 0 Å². The van der Waals surface area contributed by atoms with Gasteiger partial charge < -0.3 is 11.1 Å². The van der Waals surface area contributed by atoms with Crippen LogP contribution < -0.4 is 11.1 Å². The third kappa shape index (κ3) is 3.75. The Labute approximate surface area is 123 Å². The normalized spacial score (nSPS) is 10.3. The van der Waals surface area contributed by atoms with Gasteiger partial charge in [0.25, 0.3) is 5.91 Å². The van der Waals surface area contributed by atoms with Crippen molar-refractivity contribution < 1.29 is 4.79 Å². The largest absolute Gasteiger partial charge is 0.399 e. The molecule has 0 aliphatic heterocycles. The van der Waals surface area contributed by atoms with Gasteiger partial charge in [-0.3, -0.25) is 4.79 Å². The van der Waals surface area contributed by atoms with Gasteiger partial charge in [0, 0.05) is 22.8 Å². The number of halogens is 1. The summed E-state index contributed by atoms with van der Waals surface area (Å²) < 4.78 is 0. The molecule has 3 nitrogen and oxygen atoms in total. The van der Waals surface area contributed by atoms with Crippen LogP contribution in [0.3, 0.4) is 0 Å². The van der Waals surface area contributed by atoms with E-state index >= 15 is 0 Å². The molecule has 0 heterocycles. The Kier molecular flexibility index (Phi) is 4.64.